The zero-order valence-electron chi connectivity index (χ0n) is 8.58. The van der Waals surface area contributed by atoms with Crippen LogP contribution >= 0.6 is 0 Å². The number of ether oxygens (including phenoxy) is 1. The van der Waals surface area contributed by atoms with Gasteiger partial charge >= 0.3 is 0 Å². The van der Waals surface area contributed by atoms with Crippen molar-refractivity contribution in [3.8, 4) is 0 Å². The second-order valence-corrected chi connectivity index (χ2v) is 4.60. The van der Waals surface area contributed by atoms with Crippen LogP contribution in [0.1, 0.15) is 19.8 Å². The first kappa shape index (κ1) is 9.93. The van der Waals surface area contributed by atoms with Crippen molar-refractivity contribution >= 4 is 5.91 Å². The van der Waals surface area contributed by atoms with E-state index < -0.39 is 0 Å². The third-order valence-electron chi connectivity index (χ3n) is 3.33. The number of rotatable bonds is 3. The lowest BCUT2D eigenvalue weighted by Gasteiger charge is -2.27. The molecule has 1 aliphatic heterocycles. The molecule has 14 heavy (non-hydrogen) atoms. The molecule has 0 aromatic heterocycles. The minimum absolute atomic E-state index is 0.161. The molecule has 1 saturated carbocycles. The third-order valence-corrected chi connectivity index (χ3v) is 3.33. The quantitative estimate of drug-likeness (QED) is 0.664. The summed E-state index contributed by atoms with van der Waals surface area (Å²) in [5, 5.41) is 3.05. The maximum atomic E-state index is 11.7. The molecule has 0 aromatic carbocycles. The van der Waals surface area contributed by atoms with Crippen LogP contribution in [0.4, 0.5) is 0 Å². The fraction of sp³-hybridized carbons (Fsp3) is 0.900. The van der Waals surface area contributed by atoms with Crippen LogP contribution in [0.15, 0.2) is 0 Å². The molecule has 3 N–H and O–H groups in total. The molecule has 0 bridgehead atoms. The molecule has 3 atom stereocenters. The molecule has 1 amide bonds. The lowest BCUT2D eigenvalue weighted by Crippen LogP contribution is -2.54. The van der Waals surface area contributed by atoms with E-state index >= 15 is 0 Å². The Labute approximate surface area is 84.2 Å². The molecule has 1 heterocycles. The van der Waals surface area contributed by atoms with Gasteiger partial charge in [-0.25, -0.2) is 0 Å². The Balaban J connectivity index is 1.91. The first-order valence-corrected chi connectivity index (χ1v) is 5.27. The largest absolute Gasteiger partial charge is 0.379 e. The van der Waals surface area contributed by atoms with Crippen molar-refractivity contribution in [2.45, 2.75) is 25.3 Å². The molecular formula is C10H18N2O2. The summed E-state index contributed by atoms with van der Waals surface area (Å²) in [6, 6.07) is 0. The average molecular weight is 198 g/mol. The summed E-state index contributed by atoms with van der Waals surface area (Å²) in [7, 11) is 0. The van der Waals surface area contributed by atoms with Crippen LogP contribution in [-0.4, -0.2) is 31.2 Å². The Kier molecular flexibility index (Phi) is 2.49. The van der Waals surface area contributed by atoms with Crippen molar-refractivity contribution in [1.82, 2.24) is 5.32 Å². The standard InChI is InChI=1S/C10H18N2O2/c1-7-4-8(7)9(13)12-10(5-11)2-3-14-6-10/h7-8H,2-6,11H2,1H3,(H,12,13). The van der Waals surface area contributed by atoms with Crippen molar-refractivity contribution in [3.63, 3.8) is 0 Å². The van der Waals surface area contributed by atoms with E-state index in [0.717, 1.165) is 12.8 Å². The van der Waals surface area contributed by atoms with Gasteiger partial charge in [0.15, 0.2) is 0 Å². The van der Waals surface area contributed by atoms with Crippen molar-refractivity contribution in [2.24, 2.45) is 17.6 Å². The van der Waals surface area contributed by atoms with Gasteiger partial charge in [-0.3, -0.25) is 4.79 Å². The van der Waals surface area contributed by atoms with Gasteiger partial charge in [0.2, 0.25) is 5.91 Å². The van der Waals surface area contributed by atoms with E-state index in [1.807, 2.05) is 0 Å². The van der Waals surface area contributed by atoms with E-state index in [1.54, 1.807) is 0 Å². The fourth-order valence-electron chi connectivity index (χ4n) is 1.96. The fourth-order valence-corrected chi connectivity index (χ4v) is 1.96. The number of hydrogen-bond acceptors (Lipinski definition) is 3. The average Bonchev–Trinajstić information content (AvgIpc) is 2.74. The highest BCUT2D eigenvalue weighted by atomic mass is 16.5. The van der Waals surface area contributed by atoms with Crippen molar-refractivity contribution < 1.29 is 9.53 Å². The number of nitrogens with one attached hydrogen (secondary N) is 1. The number of carbonyl (C=O) groups is 1. The van der Waals surface area contributed by atoms with Crippen LogP contribution in [-0.2, 0) is 9.53 Å². The highest BCUT2D eigenvalue weighted by Crippen LogP contribution is 2.38. The van der Waals surface area contributed by atoms with Crippen molar-refractivity contribution in [3.05, 3.63) is 0 Å². The van der Waals surface area contributed by atoms with Crippen LogP contribution < -0.4 is 11.1 Å². The van der Waals surface area contributed by atoms with Gasteiger partial charge in [0.25, 0.3) is 0 Å². The molecule has 0 aromatic rings. The molecule has 2 aliphatic rings. The third kappa shape index (κ3) is 1.77. The molecule has 2 rings (SSSR count). The lowest BCUT2D eigenvalue weighted by molar-refractivity contribution is -0.124. The molecule has 2 fully saturated rings. The van der Waals surface area contributed by atoms with E-state index in [4.69, 9.17) is 10.5 Å². The van der Waals surface area contributed by atoms with Gasteiger partial charge in [0, 0.05) is 19.1 Å². The summed E-state index contributed by atoms with van der Waals surface area (Å²) in [6.45, 7) is 3.85. The number of amides is 1. The van der Waals surface area contributed by atoms with Gasteiger partial charge in [-0.1, -0.05) is 6.92 Å². The summed E-state index contributed by atoms with van der Waals surface area (Å²) < 4.78 is 5.28. The van der Waals surface area contributed by atoms with Crippen LogP contribution in [0.2, 0.25) is 0 Å². The number of nitrogens with two attached hydrogens (primary N) is 1. The van der Waals surface area contributed by atoms with Crippen LogP contribution in [0.3, 0.4) is 0 Å². The van der Waals surface area contributed by atoms with Gasteiger partial charge in [-0.05, 0) is 18.8 Å². The van der Waals surface area contributed by atoms with Crippen molar-refractivity contribution in [1.29, 1.82) is 0 Å². The minimum Gasteiger partial charge on any atom is -0.379 e. The van der Waals surface area contributed by atoms with Crippen LogP contribution in [0, 0.1) is 11.8 Å². The zero-order valence-corrected chi connectivity index (χ0v) is 8.58. The van der Waals surface area contributed by atoms with E-state index in [9.17, 15) is 4.79 Å². The monoisotopic (exact) mass is 198 g/mol. The molecule has 80 valence electrons. The predicted molar refractivity (Wildman–Crippen MR) is 52.6 cm³/mol. The topological polar surface area (TPSA) is 64.4 Å². The molecule has 4 heteroatoms. The smallest absolute Gasteiger partial charge is 0.223 e. The Morgan fingerprint density at radius 3 is 2.86 bits per heavy atom. The van der Waals surface area contributed by atoms with Gasteiger partial charge in [-0.15, -0.1) is 0 Å². The lowest BCUT2D eigenvalue weighted by atomic mass is 9.98. The van der Waals surface area contributed by atoms with Gasteiger partial charge in [0.05, 0.1) is 12.1 Å². The van der Waals surface area contributed by atoms with Gasteiger partial charge < -0.3 is 15.8 Å². The second kappa shape index (κ2) is 3.51. The van der Waals surface area contributed by atoms with E-state index in [1.165, 1.54) is 0 Å². The van der Waals surface area contributed by atoms with Crippen LogP contribution in [0.25, 0.3) is 0 Å². The maximum Gasteiger partial charge on any atom is 0.223 e. The maximum absolute atomic E-state index is 11.7. The van der Waals surface area contributed by atoms with Gasteiger partial charge in [-0.2, -0.15) is 0 Å². The van der Waals surface area contributed by atoms with E-state index in [0.29, 0.717) is 25.7 Å². The van der Waals surface area contributed by atoms with E-state index in [2.05, 4.69) is 12.2 Å². The van der Waals surface area contributed by atoms with E-state index in [-0.39, 0.29) is 17.4 Å². The summed E-state index contributed by atoms with van der Waals surface area (Å²) in [6.07, 6.45) is 1.86. The first-order chi connectivity index (χ1) is 6.67. The zero-order chi connectivity index (χ0) is 10.2. The molecule has 3 unspecified atom stereocenters. The molecular weight excluding hydrogens is 180 g/mol. The first-order valence-electron chi connectivity index (χ1n) is 5.27. The Hall–Kier alpha value is -0.610. The Morgan fingerprint density at radius 2 is 2.43 bits per heavy atom. The Morgan fingerprint density at radius 1 is 1.71 bits per heavy atom. The molecule has 4 nitrogen and oxygen atoms in total. The second-order valence-electron chi connectivity index (χ2n) is 4.60. The highest BCUT2D eigenvalue weighted by molar-refractivity contribution is 5.82. The number of hydrogen-bond donors (Lipinski definition) is 2. The molecule has 0 radical (unpaired) electrons. The molecule has 0 spiro atoms. The summed E-state index contributed by atoms with van der Waals surface area (Å²) in [4.78, 5) is 11.7. The van der Waals surface area contributed by atoms with Crippen molar-refractivity contribution in [2.75, 3.05) is 19.8 Å². The summed E-state index contributed by atoms with van der Waals surface area (Å²) >= 11 is 0. The molecule has 1 aliphatic carbocycles. The summed E-state index contributed by atoms with van der Waals surface area (Å²) in [5.74, 6) is 0.930. The minimum atomic E-state index is -0.278. The predicted octanol–water partition coefficient (Wildman–Crippen LogP) is -0.124. The SMILES string of the molecule is CC1CC1C(=O)NC1(CN)CCOC1. The Bertz CT molecular complexity index is 236. The van der Waals surface area contributed by atoms with Gasteiger partial charge in [0.1, 0.15) is 0 Å². The summed E-state index contributed by atoms with van der Waals surface area (Å²) in [5.41, 5.74) is 5.40. The normalized spacial score (nSPS) is 41.0. The number of carbonyl (C=O) groups excluding carboxylic acids is 1. The molecule has 1 saturated heterocycles. The van der Waals surface area contributed by atoms with Crippen LogP contribution in [0.5, 0.6) is 0 Å². The highest BCUT2D eigenvalue weighted by Gasteiger charge is 2.43.